The van der Waals surface area contributed by atoms with Crippen molar-refractivity contribution in [1.82, 2.24) is 15.0 Å². The summed E-state index contributed by atoms with van der Waals surface area (Å²) in [7, 11) is 1.71. The lowest BCUT2D eigenvalue weighted by molar-refractivity contribution is -0.119. The lowest BCUT2D eigenvalue weighted by atomic mass is 9.45. The molecule has 3 heterocycles. The maximum absolute atomic E-state index is 13.1. The van der Waals surface area contributed by atoms with Crippen LogP contribution in [-0.4, -0.2) is 47.6 Å². The van der Waals surface area contributed by atoms with E-state index in [4.69, 9.17) is 9.97 Å². The van der Waals surface area contributed by atoms with Crippen LogP contribution < -0.4 is 9.62 Å². The molecule has 8 nitrogen and oxygen atoms in total. The first-order valence-electron chi connectivity index (χ1n) is 16.1. The molecule has 0 radical (unpaired) electrons. The Morgan fingerprint density at radius 3 is 2.17 bits per heavy atom. The van der Waals surface area contributed by atoms with Crippen LogP contribution in [0.1, 0.15) is 30.0 Å². The van der Waals surface area contributed by atoms with Crippen molar-refractivity contribution in [3.05, 3.63) is 119 Å². The highest BCUT2D eigenvalue weighted by atomic mass is 16.3. The smallest absolute Gasteiger partial charge is 0.243 e. The molecule has 10 heteroatoms. The number of hydrogen-bond donors (Lipinski definition) is 0. The second-order valence-electron chi connectivity index (χ2n) is 12.4. The molecule has 1 amide bonds. The van der Waals surface area contributed by atoms with E-state index in [-0.39, 0.29) is 25.5 Å². The van der Waals surface area contributed by atoms with Crippen LogP contribution in [-0.2, 0) is 23.9 Å². The number of amides is 1. The van der Waals surface area contributed by atoms with Crippen molar-refractivity contribution in [3.8, 4) is 11.3 Å². The number of pyridine rings is 3. The molecular formula is C36H38B2N6O2. The van der Waals surface area contributed by atoms with Crippen molar-refractivity contribution in [2.75, 3.05) is 16.7 Å². The number of rotatable bonds is 12. The van der Waals surface area contributed by atoms with Gasteiger partial charge in [0.25, 0.3) is 0 Å². The minimum atomic E-state index is -0.443. The van der Waals surface area contributed by atoms with E-state index in [0.29, 0.717) is 12.2 Å². The van der Waals surface area contributed by atoms with Crippen LogP contribution in [0.5, 0.6) is 0 Å². The van der Waals surface area contributed by atoms with Crippen molar-refractivity contribution >= 4 is 42.0 Å². The third-order valence-corrected chi connectivity index (χ3v) is 9.07. The summed E-state index contributed by atoms with van der Waals surface area (Å²) < 4.78 is 2.44. The zero-order chi connectivity index (χ0) is 32.2. The van der Waals surface area contributed by atoms with E-state index >= 15 is 0 Å². The Balaban J connectivity index is 1.50. The van der Waals surface area contributed by atoms with E-state index in [9.17, 15) is 9.70 Å². The quantitative estimate of drug-likeness (QED) is 0.112. The van der Waals surface area contributed by atoms with Crippen LogP contribution in [0.25, 0.3) is 22.0 Å². The minimum absolute atomic E-state index is 0.109. The van der Waals surface area contributed by atoms with Gasteiger partial charge in [-0.15, -0.1) is 0 Å². The summed E-state index contributed by atoms with van der Waals surface area (Å²) in [4.78, 5) is 40.3. The Hall–Kier alpha value is -4.85. The number of fused-ring (bicyclic) bond motifs is 1. The Bertz CT molecular complexity index is 1790. The third-order valence-electron chi connectivity index (χ3n) is 9.07. The average molecular weight is 608 g/mol. The molecule has 2 aromatic carbocycles. The summed E-state index contributed by atoms with van der Waals surface area (Å²) in [5.41, 5.74) is 5.50. The molecule has 0 aliphatic heterocycles. The molecule has 0 saturated heterocycles. The van der Waals surface area contributed by atoms with Crippen LogP contribution in [0.3, 0.4) is 0 Å². The van der Waals surface area contributed by atoms with Crippen LogP contribution in [0.4, 0.5) is 11.6 Å². The summed E-state index contributed by atoms with van der Waals surface area (Å²) in [6, 6.07) is 26.8. The number of nitrogens with zero attached hydrogens (tertiary/aromatic N) is 6. The van der Waals surface area contributed by atoms with Gasteiger partial charge in [0.05, 0.1) is 11.6 Å². The average Bonchev–Trinajstić information content (AvgIpc) is 3.88. The summed E-state index contributed by atoms with van der Waals surface area (Å²) in [6.45, 7) is 6.88. The lowest BCUT2D eigenvalue weighted by Gasteiger charge is -2.35. The third kappa shape index (κ3) is 6.57. The molecule has 1 fully saturated rings. The van der Waals surface area contributed by atoms with E-state index in [1.54, 1.807) is 11.9 Å². The number of aryl methyl sites for hydroxylation is 1. The van der Waals surface area contributed by atoms with Crippen molar-refractivity contribution in [1.29, 1.82) is 0 Å². The van der Waals surface area contributed by atoms with Gasteiger partial charge in [-0.25, -0.2) is 9.97 Å². The topological polar surface area (TPSA) is 91.7 Å². The summed E-state index contributed by atoms with van der Waals surface area (Å²) in [6.07, 6.45) is 8.57. The van der Waals surface area contributed by atoms with Gasteiger partial charge in [0.15, 0.2) is 0 Å². The van der Waals surface area contributed by atoms with Gasteiger partial charge in [0.1, 0.15) is 17.7 Å². The van der Waals surface area contributed by atoms with Gasteiger partial charge in [-0.1, -0.05) is 97.5 Å². The van der Waals surface area contributed by atoms with Gasteiger partial charge in [0.2, 0.25) is 19.6 Å². The predicted octanol–water partition coefficient (Wildman–Crippen LogP) is 6.98. The Labute approximate surface area is 271 Å². The van der Waals surface area contributed by atoms with E-state index < -0.39 is 6.04 Å². The van der Waals surface area contributed by atoms with Crippen LogP contribution in [0.15, 0.2) is 103 Å². The normalized spacial score (nSPS) is 15.3. The van der Waals surface area contributed by atoms with Gasteiger partial charge in [-0.3, -0.25) is 14.7 Å². The summed E-state index contributed by atoms with van der Waals surface area (Å²) >= 11 is 0. The van der Waals surface area contributed by atoms with Crippen molar-refractivity contribution in [2.45, 2.75) is 52.1 Å². The molecule has 3 aromatic heterocycles. The maximum atomic E-state index is 13.1. The van der Waals surface area contributed by atoms with Gasteiger partial charge in [0, 0.05) is 36.6 Å². The van der Waals surface area contributed by atoms with Crippen molar-refractivity contribution < 1.29 is 4.79 Å². The van der Waals surface area contributed by atoms with Crippen LogP contribution >= 0.6 is 0 Å². The molecule has 1 aliphatic carbocycles. The van der Waals surface area contributed by atoms with Gasteiger partial charge >= 0.3 is 0 Å². The minimum Gasteiger partial charge on any atom is -0.444 e. The van der Waals surface area contributed by atoms with Crippen LogP contribution in [0, 0.1) is 10.8 Å². The summed E-state index contributed by atoms with van der Waals surface area (Å²) in [5, 5.41) is 4.92. The molecule has 1 saturated carbocycles. The zero-order valence-electron chi connectivity index (χ0n) is 26.9. The van der Waals surface area contributed by atoms with Gasteiger partial charge < -0.3 is 4.72 Å². The van der Waals surface area contributed by atoms with Crippen molar-refractivity contribution in [2.24, 2.45) is 11.1 Å². The Morgan fingerprint density at radius 2 is 1.59 bits per heavy atom. The molecule has 0 N–H and O–H groups in total. The number of carbonyl (C=O) groups excluding carboxylic acids is 1. The molecular weight excluding hydrogens is 570 g/mol. The number of hydrogen-bond acceptors (Lipinski definition) is 7. The number of nitroso groups, excluding NO2 is 1. The summed E-state index contributed by atoms with van der Waals surface area (Å²) in [5.74, 6) is 0.867. The molecule has 0 bridgehead atoms. The fourth-order valence-corrected chi connectivity index (χ4v) is 6.48. The van der Waals surface area contributed by atoms with Crippen molar-refractivity contribution in [3.63, 3.8) is 0 Å². The lowest BCUT2D eigenvalue weighted by Crippen LogP contribution is -2.50. The highest BCUT2D eigenvalue weighted by Crippen LogP contribution is 2.38. The predicted molar refractivity (Wildman–Crippen MR) is 189 cm³/mol. The molecule has 2 unspecified atom stereocenters. The molecule has 230 valence electrons. The second-order valence-corrected chi connectivity index (χ2v) is 12.4. The second kappa shape index (κ2) is 13.6. The number of anilines is 2. The van der Waals surface area contributed by atoms with E-state index in [2.05, 4.69) is 90.1 Å². The molecule has 1 aliphatic rings. The molecule has 0 spiro atoms. The van der Waals surface area contributed by atoms with E-state index in [0.717, 1.165) is 52.5 Å². The number of carbonyl (C=O) groups is 1. The fraction of sp³-hybridized carbons (Fsp3) is 0.278. The number of aromatic nitrogens is 3. The monoisotopic (exact) mass is 608 g/mol. The largest absolute Gasteiger partial charge is 0.444 e. The maximum Gasteiger partial charge on any atom is 0.243 e. The SMILES string of the molecule is CCc1ccncc1-c1cc2cc(N(C)C(=O)C3CC3N=O)ncc2c(N(B(C)Cc2ccccc2)B(C)Cc2ccccc2)n1. The zero-order valence-corrected chi connectivity index (χ0v) is 26.9. The molecule has 2 atom stereocenters. The number of benzene rings is 2. The Morgan fingerprint density at radius 1 is 0.935 bits per heavy atom. The Kier molecular flexibility index (Phi) is 9.24. The highest BCUT2D eigenvalue weighted by molar-refractivity contribution is 6.82. The first kappa shape index (κ1) is 31.1. The van der Waals surface area contributed by atoms with Gasteiger partial charge in [-0.2, -0.15) is 4.91 Å². The molecule has 46 heavy (non-hydrogen) atoms. The first-order chi connectivity index (χ1) is 22.4. The fourth-order valence-electron chi connectivity index (χ4n) is 6.48. The van der Waals surface area contributed by atoms with E-state index in [1.807, 2.05) is 42.9 Å². The molecule has 6 rings (SSSR count). The van der Waals surface area contributed by atoms with Gasteiger partial charge in [-0.05, 0) is 54.6 Å². The first-order valence-corrected chi connectivity index (χ1v) is 16.1. The van der Waals surface area contributed by atoms with E-state index in [1.165, 1.54) is 11.1 Å². The standard InChI is InChI=1S/C36H38B2N6O2/c1-5-27-16-17-39-23-30(27)32-18-28-19-34(43(4)36(45)29-20-33(29)42-46)40-24-31(28)35(41-32)44(37(2)21-25-12-8-6-9-13-25)38(3)22-26-14-10-7-11-15-26/h6-19,23-24,29,33H,5,20-22H2,1-4H3. The van der Waals surface area contributed by atoms with Crippen LogP contribution in [0.2, 0.25) is 13.6 Å². The highest BCUT2D eigenvalue weighted by Gasteiger charge is 2.46. The molecule has 5 aromatic rings.